The zero-order valence-electron chi connectivity index (χ0n) is 15.5. The van der Waals surface area contributed by atoms with Gasteiger partial charge in [0.15, 0.2) is 5.65 Å². The number of nitrogens with two attached hydrogens (primary N) is 1. The highest BCUT2D eigenvalue weighted by molar-refractivity contribution is 5.89. The van der Waals surface area contributed by atoms with E-state index in [0.717, 1.165) is 37.3 Å². The second kappa shape index (κ2) is 7.55. The van der Waals surface area contributed by atoms with E-state index in [0.29, 0.717) is 18.8 Å². The molecule has 0 unspecified atom stereocenters. The number of hydrogen-bond donors (Lipinski definition) is 1. The summed E-state index contributed by atoms with van der Waals surface area (Å²) in [5.41, 5.74) is 6.08. The molecule has 1 aliphatic rings. The lowest BCUT2D eigenvalue weighted by molar-refractivity contribution is -0.136. The van der Waals surface area contributed by atoms with Crippen molar-refractivity contribution in [1.82, 2.24) is 19.9 Å². The Balaban J connectivity index is 1.64. The maximum atomic E-state index is 13.7. The van der Waals surface area contributed by atoms with Gasteiger partial charge in [0.1, 0.15) is 18.0 Å². The van der Waals surface area contributed by atoms with Gasteiger partial charge in [0.2, 0.25) is 0 Å². The molecule has 2 aromatic heterocycles. The zero-order chi connectivity index (χ0) is 20.6. The van der Waals surface area contributed by atoms with Gasteiger partial charge < -0.3 is 5.73 Å². The van der Waals surface area contributed by atoms with Crippen molar-refractivity contribution in [1.29, 1.82) is 0 Å². The van der Waals surface area contributed by atoms with Crippen LogP contribution in [-0.2, 0) is 12.7 Å². The third-order valence-corrected chi connectivity index (χ3v) is 5.20. The molecule has 1 atom stereocenters. The molecule has 1 aromatic carbocycles. The number of alkyl halides is 3. The van der Waals surface area contributed by atoms with Crippen molar-refractivity contribution in [3.8, 4) is 0 Å². The van der Waals surface area contributed by atoms with Gasteiger partial charge in [0, 0.05) is 24.7 Å². The first-order chi connectivity index (χ1) is 13.8. The number of nitrogens with zero attached hydrogens (tertiary/aromatic N) is 4. The van der Waals surface area contributed by atoms with E-state index >= 15 is 0 Å². The molecular formula is C20H19F4N5. The highest BCUT2D eigenvalue weighted by Gasteiger charge is 2.36. The topological polar surface area (TPSA) is 67.9 Å². The molecule has 0 saturated carbocycles. The number of piperidine rings is 1. The molecule has 9 heteroatoms. The van der Waals surface area contributed by atoms with Crippen LogP contribution in [-0.4, -0.2) is 32.9 Å². The molecule has 1 aliphatic heterocycles. The normalized spacial score (nSPS) is 18.3. The number of aromatic nitrogens is 3. The van der Waals surface area contributed by atoms with Gasteiger partial charge >= 0.3 is 6.18 Å². The minimum absolute atomic E-state index is 0.0435. The summed E-state index contributed by atoms with van der Waals surface area (Å²) in [6.07, 6.45) is -1.90. The van der Waals surface area contributed by atoms with Crippen LogP contribution in [0.3, 0.4) is 0 Å². The van der Waals surface area contributed by atoms with Gasteiger partial charge in [0.05, 0.1) is 10.9 Å². The number of hydrogen-bond acceptors (Lipinski definition) is 5. The van der Waals surface area contributed by atoms with E-state index in [1.54, 1.807) is 12.1 Å². The number of halogens is 4. The van der Waals surface area contributed by atoms with E-state index in [1.165, 1.54) is 12.1 Å². The van der Waals surface area contributed by atoms with Crippen molar-refractivity contribution in [2.45, 2.75) is 31.5 Å². The monoisotopic (exact) mass is 405 g/mol. The molecule has 0 bridgehead atoms. The van der Waals surface area contributed by atoms with Crippen LogP contribution < -0.4 is 5.73 Å². The van der Waals surface area contributed by atoms with Crippen LogP contribution in [0.15, 0.2) is 36.7 Å². The Hall–Kier alpha value is -2.81. The van der Waals surface area contributed by atoms with Crippen molar-refractivity contribution >= 4 is 16.9 Å². The zero-order valence-corrected chi connectivity index (χ0v) is 15.5. The molecule has 0 aliphatic carbocycles. The van der Waals surface area contributed by atoms with Crippen molar-refractivity contribution in [3.05, 3.63) is 59.3 Å². The first-order valence-corrected chi connectivity index (χ1v) is 9.26. The highest BCUT2D eigenvalue weighted by atomic mass is 19.4. The van der Waals surface area contributed by atoms with Crippen molar-refractivity contribution in [3.63, 3.8) is 0 Å². The van der Waals surface area contributed by atoms with Crippen LogP contribution in [0.2, 0.25) is 0 Å². The summed E-state index contributed by atoms with van der Waals surface area (Å²) in [4.78, 5) is 14.1. The van der Waals surface area contributed by atoms with E-state index < -0.39 is 11.7 Å². The standard InChI is InChI=1S/C20H19F4N5/c21-14-5-3-12(4-6-14)9-29-7-1-2-13(10-29)16-8-15(20(22,23)24)17-18(25)26-11-27-19(17)28-16/h3-6,8,11,13H,1-2,7,9-10H2,(H2,25,26,27,28)/t13-/m0/s1. The molecule has 2 N–H and O–H groups in total. The Labute approximate surface area is 164 Å². The summed E-state index contributed by atoms with van der Waals surface area (Å²) in [6, 6.07) is 7.32. The maximum absolute atomic E-state index is 13.7. The number of nitrogen functional groups attached to an aromatic ring is 1. The lowest BCUT2D eigenvalue weighted by Gasteiger charge is -2.32. The molecule has 4 rings (SSSR count). The molecule has 29 heavy (non-hydrogen) atoms. The predicted molar refractivity (Wildman–Crippen MR) is 100 cm³/mol. The molecule has 3 heterocycles. The SMILES string of the molecule is Nc1ncnc2nc([C@H]3CCCN(Cc4ccc(F)cc4)C3)cc(C(F)(F)F)c12. The molecule has 0 spiro atoms. The summed E-state index contributed by atoms with van der Waals surface area (Å²) in [5.74, 6) is -0.694. The van der Waals surface area contributed by atoms with Gasteiger partial charge in [-0.15, -0.1) is 0 Å². The Morgan fingerprint density at radius 1 is 1.14 bits per heavy atom. The second-order valence-corrected chi connectivity index (χ2v) is 7.25. The number of pyridine rings is 1. The van der Waals surface area contributed by atoms with Crippen LogP contribution in [0, 0.1) is 5.82 Å². The van der Waals surface area contributed by atoms with E-state index in [9.17, 15) is 17.6 Å². The number of likely N-dealkylation sites (tertiary alicyclic amines) is 1. The predicted octanol–water partition coefficient (Wildman–Crippen LogP) is 4.14. The Morgan fingerprint density at radius 3 is 2.62 bits per heavy atom. The van der Waals surface area contributed by atoms with E-state index in [1.807, 2.05) is 0 Å². The van der Waals surface area contributed by atoms with Gasteiger partial charge in [-0.3, -0.25) is 4.90 Å². The molecule has 152 valence electrons. The number of anilines is 1. The maximum Gasteiger partial charge on any atom is 0.417 e. The van der Waals surface area contributed by atoms with E-state index in [2.05, 4.69) is 19.9 Å². The van der Waals surface area contributed by atoms with E-state index in [4.69, 9.17) is 5.73 Å². The third kappa shape index (κ3) is 4.14. The highest BCUT2D eigenvalue weighted by Crippen LogP contribution is 2.38. The molecule has 1 saturated heterocycles. The van der Waals surface area contributed by atoms with Crippen LogP contribution in [0.4, 0.5) is 23.4 Å². The molecule has 0 amide bonds. The molecule has 3 aromatic rings. The van der Waals surface area contributed by atoms with Gasteiger partial charge in [0.25, 0.3) is 0 Å². The lowest BCUT2D eigenvalue weighted by Crippen LogP contribution is -2.34. The average molecular weight is 405 g/mol. The Bertz CT molecular complexity index is 1020. The third-order valence-electron chi connectivity index (χ3n) is 5.20. The Morgan fingerprint density at radius 2 is 1.90 bits per heavy atom. The van der Waals surface area contributed by atoms with Crippen LogP contribution in [0.5, 0.6) is 0 Å². The first kappa shape index (κ1) is 19.5. The minimum atomic E-state index is -4.59. The smallest absolute Gasteiger partial charge is 0.383 e. The summed E-state index contributed by atoms with van der Waals surface area (Å²) in [7, 11) is 0. The van der Waals surface area contributed by atoms with Crippen LogP contribution in [0.1, 0.15) is 35.6 Å². The fourth-order valence-electron chi connectivity index (χ4n) is 3.83. The molecular weight excluding hydrogens is 386 g/mol. The van der Waals surface area contributed by atoms with Crippen molar-refractivity contribution in [2.75, 3.05) is 18.8 Å². The second-order valence-electron chi connectivity index (χ2n) is 7.25. The molecule has 5 nitrogen and oxygen atoms in total. The van der Waals surface area contributed by atoms with Crippen LogP contribution >= 0.6 is 0 Å². The minimum Gasteiger partial charge on any atom is -0.383 e. The van der Waals surface area contributed by atoms with Gasteiger partial charge in [-0.2, -0.15) is 13.2 Å². The average Bonchev–Trinajstić information content (AvgIpc) is 2.69. The van der Waals surface area contributed by atoms with Gasteiger partial charge in [-0.05, 0) is 43.1 Å². The molecule has 1 fully saturated rings. The summed E-state index contributed by atoms with van der Waals surface area (Å²) in [6.45, 7) is 1.99. The van der Waals surface area contributed by atoms with Crippen molar-refractivity contribution < 1.29 is 17.6 Å². The quantitative estimate of drug-likeness (QED) is 0.664. The lowest BCUT2D eigenvalue weighted by atomic mass is 9.92. The summed E-state index contributed by atoms with van der Waals surface area (Å²) in [5, 5.41) is -0.261. The van der Waals surface area contributed by atoms with Crippen LogP contribution in [0.25, 0.3) is 11.0 Å². The number of fused-ring (bicyclic) bond motifs is 1. The fraction of sp³-hybridized carbons (Fsp3) is 0.350. The summed E-state index contributed by atoms with van der Waals surface area (Å²) < 4.78 is 54.1. The van der Waals surface area contributed by atoms with Gasteiger partial charge in [-0.25, -0.2) is 19.3 Å². The number of benzene rings is 1. The number of rotatable bonds is 3. The Kier molecular flexibility index (Phi) is 5.08. The first-order valence-electron chi connectivity index (χ1n) is 9.26. The van der Waals surface area contributed by atoms with Crippen molar-refractivity contribution in [2.24, 2.45) is 0 Å². The van der Waals surface area contributed by atoms with E-state index in [-0.39, 0.29) is 28.6 Å². The van der Waals surface area contributed by atoms with Gasteiger partial charge in [-0.1, -0.05) is 12.1 Å². The summed E-state index contributed by atoms with van der Waals surface area (Å²) >= 11 is 0. The fourth-order valence-corrected chi connectivity index (χ4v) is 3.83. The largest absolute Gasteiger partial charge is 0.417 e. The molecule has 0 radical (unpaired) electrons.